The van der Waals surface area contributed by atoms with E-state index in [1.165, 1.54) is 30.7 Å². The van der Waals surface area contributed by atoms with Crippen molar-refractivity contribution in [3.8, 4) is 16.5 Å². The molecule has 0 radical (unpaired) electrons. The van der Waals surface area contributed by atoms with Gasteiger partial charge in [0.2, 0.25) is 5.88 Å². The summed E-state index contributed by atoms with van der Waals surface area (Å²) >= 11 is 1.36. The molecule has 38 heavy (non-hydrogen) atoms. The van der Waals surface area contributed by atoms with Crippen molar-refractivity contribution in [1.82, 2.24) is 9.97 Å². The molecule has 2 aromatic heterocycles. The van der Waals surface area contributed by atoms with Gasteiger partial charge in [-0.15, -0.1) is 11.3 Å². The Balaban J connectivity index is 1.28. The fourth-order valence-electron chi connectivity index (χ4n) is 4.50. The molecule has 2 heterocycles. The molecule has 10 heteroatoms. The summed E-state index contributed by atoms with van der Waals surface area (Å²) in [7, 11) is -2.70. The number of hydrogen-bond acceptors (Lipinski definition) is 7. The highest BCUT2D eigenvalue weighted by molar-refractivity contribution is 7.92. The van der Waals surface area contributed by atoms with Gasteiger partial charge in [-0.1, -0.05) is 48.5 Å². The first-order valence-corrected chi connectivity index (χ1v) is 14.8. The summed E-state index contributed by atoms with van der Waals surface area (Å²) in [6.07, 6.45) is 5.58. The van der Waals surface area contributed by atoms with Crippen molar-refractivity contribution < 1.29 is 17.9 Å². The third-order valence-corrected chi connectivity index (χ3v) is 8.95. The number of carbonyl (C=O) groups is 1. The fourth-order valence-corrected chi connectivity index (χ4v) is 6.57. The zero-order chi connectivity index (χ0) is 26.3. The van der Waals surface area contributed by atoms with Crippen molar-refractivity contribution in [1.29, 1.82) is 0 Å². The van der Waals surface area contributed by atoms with Gasteiger partial charge in [-0.05, 0) is 54.7 Å². The molecule has 0 spiro atoms. The van der Waals surface area contributed by atoms with Crippen molar-refractivity contribution in [3.05, 3.63) is 83.0 Å². The monoisotopic (exact) mass is 546 g/mol. The minimum atomic E-state index is -4.07. The van der Waals surface area contributed by atoms with E-state index in [0.717, 1.165) is 47.4 Å². The molecule has 1 amide bonds. The molecule has 8 nitrogen and oxygen atoms in total. The Morgan fingerprint density at radius 1 is 1.00 bits per heavy atom. The number of sulfonamides is 1. The number of rotatable bonds is 9. The number of carbonyl (C=O) groups excluding carboxylic acids is 1. The van der Waals surface area contributed by atoms with Crippen LogP contribution in [0, 0.1) is 0 Å². The molecule has 2 fully saturated rings. The van der Waals surface area contributed by atoms with E-state index in [4.69, 9.17) is 4.74 Å². The number of pyridine rings is 1. The Kier molecular flexibility index (Phi) is 6.37. The maximum atomic E-state index is 13.7. The topological polar surface area (TPSA) is 110 Å². The lowest BCUT2D eigenvalue weighted by Gasteiger charge is -2.18. The maximum Gasteiger partial charge on any atom is 0.275 e. The number of nitrogens with one attached hydrogen (secondary N) is 2. The highest BCUT2D eigenvalue weighted by atomic mass is 32.2. The summed E-state index contributed by atoms with van der Waals surface area (Å²) < 4.78 is 35.5. The van der Waals surface area contributed by atoms with Crippen LogP contribution in [0.4, 0.5) is 11.4 Å². The average Bonchev–Trinajstić information content (AvgIpc) is 3.87. The number of nitrogens with zero attached hydrogens (tertiary/aromatic N) is 2. The van der Waals surface area contributed by atoms with Gasteiger partial charge in [-0.25, -0.2) is 18.4 Å². The number of para-hydroxylation sites is 1. The predicted octanol–water partition coefficient (Wildman–Crippen LogP) is 6.02. The summed E-state index contributed by atoms with van der Waals surface area (Å²) in [4.78, 5) is 21.4. The SMILES string of the molecule is COc1ncc(NC(=O)c2csc(-c3ccccc3)n2)cc1S(=O)(=O)Nc1c(C2CC2)cccc1C1CC1. The van der Waals surface area contributed by atoms with Crippen LogP contribution in [0.15, 0.2) is 71.1 Å². The summed E-state index contributed by atoms with van der Waals surface area (Å²) in [6, 6.07) is 17.0. The molecule has 2 aromatic carbocycles. The van der Waals surface area contributed by atoms with Crippen LogP contribution in [0.5, 0.6) is 5.88 Å². The highest BCUT2D eigenvalue weighted by Crippen LogP contribution is 2.50. The van der Waals surface area contributed by atoms with Crippen LogP contribution in [0.2, 0.25) is 0 Å². The number of hydrogen-bond donors (Lipinski definition) is 2. The Morgan fingerprint density at radius 2 is 1.68 bits per heavy atom. The van der Waals surface area contributed by atoms with E-state index in [0.29, 0.717) is 17.5 Å². The fraction of sp³-hybridized carbons (Fsp3) is 0.250. The van der Waals surface area contributed by atoms with Gasteiger partial charge in [0.1, 0.15) is 10.7 Å². The van der Waals surface area contributed by atoms with E-state index in [1.807, 2.05) is 48.5 Å². The van der Waals surface area contributed by atoms with E-state index < -0.39 is 15.9 Å². The molecule has 0 aliphatic heterocycles. The smallest absolute Gasteiger partial charge is 0.275 e. The van der Waals surface area contributed by atoms with Crippen LogP contribution < -0.4 is 14.8 Å². The van der Waals surface area contributed by atoms with Crippen LogP contribution in [0.1, 0.15) is 59.1 Å². The maximum absolute atomic E-state index is 13.7. The largest absolute Gasteiger partial charge is 0.480 e. The molecule has 2 aliphatic carbocycles. The highest BCUT2D eigenvalue weighted by Gasteiger charge is 2.34. The molecule has 0 saturated heterocycles. The van der Waals surface area contributed by atoms with Gasteiger partial charge in [-0.2, -0.15) is 0 Å². The van der Waals surface area contributed by atoms with Gasteiger partial charge in [0, 0.05) is 10.9 Å². The Hall–Kier alpha value is -3.76. The molecular weight excluding hydrogens is 520 g/mol. The lowest BCUT2D eigenvalue weighted by atomic mass is 10.0. The van der Waals surface area contributed by atoms with Crippen LogP contribution in [-0.2, 0) is 10.0 Å². The molecular formula is C28H26N4O4S2. The number of benzene rings is 2. The van der Waals surface area contributed by atoms with E-state index in [-0.39, 0.29) is 22.2 Å². The summed E-state index contributed by atoms with van der Waals surface area (Å²) in [6.45, 7) is 0. The first-order chi connectivity index (χ1) is 18.4. The molecule has 4 aromatic rings. The number of ether oxygens (including phenoxy) is 1. The van der Waals surface area contributed by atoms with Crippen LogP contribution >= 0.6 is 11.3 Å². The molecule has 0 bridgehead atoms. The third-order valence-electron chi connectivity index (χ3n) is 6.72. The van der Waals surface area contributed by atoms with Crippen molar-refractivity contribution in [3.63, 3.8) is 0 Å². The van der Waals surface area contributed by atoms with E-state index in [1.54, 1.807) is 5.38 Å². The van der Waals surface area contributed by atoms with Crippen LogP contribution in [0.3, 0.4) is 0 Å². The van der Waals surface area contributed by atoms with Crippen molar-refractivity contribution in [2.45, 2.75) is 42.4 Å². The normalized spacial score (nSPS) is 15.2. The minimum Gasteiger partial charge on any atom is -0.480 e. The summed E-state index contributed by atoms with van der Waals surface area (Å²) in [5.74, 6) is 0.237. The Bertz CT molecular complexity index is 1580. The Morgan fingerprint density at radius 3 is 2.32 bits per heavy atom. The van der Waals surface area contributed by atoms with Gasteiger partial charge in [0.15, 0.2) is 4.90 Å². The second kappa shape index (κ2) is 9.85. The number of amides is 1. The second-order valence-corrected chi connectivity index (χ2v) is 12.1. The standard InChI is InChI=1S/C28H26N4O4S2/c1-36-27-24(38(34,35)32-25-21(17-10-11-17)8-5-9-22(25)18-12-13-18)14-20(15-29-27)30-26(33)23-16-37-28(31-23)19-6-3-2-4-7-19/h2-9,14-18,32H,10-13H2,1H3,(H,30,33). The number of aromatic nitrogens is 2. The van der Waals surface area contributed by atoms with Crippen LogP contribution in [0.25, 0.3) is 10.6 Å². The van der Waals surface area contributed by atoms with Gasteiger partial charge < -0.3 is 10.1 Å². The molecule has 6 rings (SSSR count). The first kappa shape index (κ1) is 24.6. The molecule has 0 atom stereocenters. The van der Waals surface area contributed by atoms with Gasteiger partial charge >= 0.3 is 0 Å². The van der Waals surface area contributed by atoms with E-state index >= 15 is 0 Å². The quantitative estimate of drug-likeness (QED) is 0.266. The first-order valence-electron chi connectivity index (χ1n) is 12.4. The molecule has 2 saturated carbocycles. The van der Waals surface area contributed by atoms with Gasteiger partial charge in [0.25, 0.3) is 15.9 Å². The van der Waals surface area contributed by atoms with Crippen molar-refractivity contribution in [2.75, 3.05) is 17.1 Å². The molecule has 2 N–H and O–H groups in total. The number of methoxy groups -OCH3 is 1. The molecule has 194 valence electrons. The summed E-state index contributed by atoms with van der Waals surface area (Å²) in [5.41, 5.74) is 4.12. The average molecular weight is 547 g/mol. The van der Waals surface area contributed by atoms with E-state index in [9.17, 15) is 13.2 Å². The van der Waals surface area contributed by atoms with Crippen LogP contribution in [-0.4, -0.2) is 31.4 Å². The minimum absolute atomic E-state index is 0.0487. The third kappa shape index (κ3) is 5.01. The molecule has 0 unspecified atom stereocenters. The molecule has 2 aliphatic rings. The Labute approximate surface area is 225 Å². The van der Waals surface area contributed by atoms with Crippen molar-refractivity contribution >= 4 is 38.6 Å². The van der Waals surface area contributed by atoms with Crippen molar-refractivity contribution in [2.24, 2.45) is 0 Å². The number of thiazole rings is 1. The van der Waals surface area contributed by atoms with Gasteiger partial charge in [0.05, 0.1) is 24.7 Å². The predicted molar refractivity (Wildman–Crippen MR) is 147 cm³/mol. The lowest BCUT2D eigenvalue weighted by Crippen LogP contribution is -2.18. The lowest BCUT2D eigenvalue weighted by molar-refractivity contribution is 0.102. The van der Waals surface area contributed by atoms with E-state index in [2.05, 4.69) is 20.0 Å². The van der Waals surface area contributed by atoms with Gasteiger partial charge in [-0.3, -0.25) is 9.52 Å². The summed E-state index contributed by atoms with van der Waals surface area (Å²) in [5, 5.41) is 5.11. The zero-order valence-corrected chi connectivity index (χ0v) is 22.3. The second-order valence-electron chi connectivity index (χ2n) is 9.55. The zero-order valence-electron chi connectivity index (χ0n) is 20.7. The number of anilines is 2.